The van der Waals surface area contributed by atoms with Gasteiger partial charge in [-0.1, -0.05) is 0 Å². The fourth-order valence-electron chi connectivity index (χ4n) is 1.69. The third kappa shape index (κ3) is 4.94. The molecule has 0 saturated carbocycles. The second-order valence-electron chi connectivity index (χ2n) is 5.75. The number of ether oxygens (including phenoxy) is 1. The molecule has 0 aliphatic carbocycles. The molecule has 0 aliphatic heterocycles. The molecule has 1 atom stereocenters. The van der Waals surface area contributed by atoms with Crippen LogP contribution in [-0.2, 0) is 4.79 Å². The molecule has 0 heterocycles. The third-order valence-corrected chi connectivity index (χ3v) is 2.66. The zero-order valence-corrected chi connectivity index (χ0v) is 12.9. The van der Waals surface area contributed by atoms with Gasteiger partial charge in [0.05, 0.1) is 12.0 Å². The Morgan fingerprint density at radius 3 is 2.48 bits per heavy atom. The maximum Gasteiger partial charge on any atom is 0.292 e. The summed E-state index contributed by atoms with van der Waals surface area (Å²) < 4.78 is 5.05. The van der Waals surface area contributed by atoms with Crippen molar-refractivity contribution >= 4 is 17.3 Å². The minimum Gasteiger partial charge on any atom is -0.497 e. The fourth-order valence-corrected chi connectivity index (χ4v) is 1.69. The fraction of sp³-hybridized carbons (Fsp3) is 0.500. The van der Waals surface area contributed by atoms with Crippen LogP contribution in [0.15, 0.2) is 18.2 Å². The summed E-state index contributed by atoms with van der Waals surface area (Å²) in [5.41, 5.74) is -0.227. The zero-order valence-electron chi connectivity index (χ0n) is 12.9. The highest BCUT2D eigenvalue weighted by molar-refractivity contribution is 5.85. The van der Waals surface area contributed by atoms with E-state index in [4.69, 9.17) is 4.74 Å². The Morgan fingerprint density at radius 2 is 2.00 bits per heavy atom. The van der Waals surface area contributed by atoms with E-state index in [1.54, 1.807) is 6.92 Å². The lowest BCUT2D eigenvalue weighted by atomic mass is 10.1. The van der Waals surface area contributed by atoms with Gasteiger partial charge < -0.3 is 15.4 Å². The molecule has 1 rings (SSSR count). The van der Waals surface area contributed by atoms with Gasteiger partial charge in [0.2, 0.25) is 5.91 Å². The number of methoxy groups -OCH3 is 1. The molecule has 1 amide bonds. The van der Waals surface area contributed by atoms with Crippen LogP contribution < -0.4 is 15.4 Å². The van der Waals surface area contributed by atoms with Crippen molar-refractivity contribution in [2.75, 3.05) is 12.4 Å². The predicted molar refractivity (Wildman–Crippen MR) is 80.6 cm³/mol. The number of hydrogen-bond acceptors (Lipinski definition) is 5. The number of carbonyl (C=O) groups excluding carboxylic acids is 1. The largest absolute Gasteiger partial charge is 0.497 e. The van der Waals surface area contributed by atoms with Gasteiger partial charge in [0.25, 0.3) is 5.69 Å². The first-order chi connectivity index (χ1) is 9.64. The first kappa shape index (κ1) is 16.7. The molecule has 2 N–H and O–H groups in total. The Labute approximate surface area is 123 Å². The Balaban J connectivity index is 2.95. The van der Waals surface area contributed by atoms with E-state index in [0.717, 1.165) is 0 Å². The van der Waals surface area contributed by atoms with E-state index >= 15 is 0 Å². The third-order valence-electron chi connectivity index (χ3n) is 2.66. The van der Waals surface area contributed by atoms with Crippen molar-refractivity contribution < 1.29 is 14.5 Å². The van der Waals surface area contributed by atoms with Crippen LogP contribution in [-0.4, -0.2) is 29.5 Å². The molecular weight excluding hydrogens is 274 g/mol. The van der Waals surface area contributed by atoms with Gasteiger partial charge in [-0.3, -0.25) is 14.9 Å². The Kier molecular flexibility index (Phi) is 5.12. The van der Waals surface area contributed by atoms with Gasteiger partial charge >= 0.3 is 0 Å². The van der Waals surface area contributed by atoms with E-state index < -0.39 is 11.0 Å². The van der Waals surface area contributed by atoms with Crippen LogP contribution in [0, 0.1) is 10.1 Å². The van der Waals surface area contributed by atoms with E-state index in [1.165, 1.54) is 25.3 Å². The van der Waals surface area contributed by atoms with Gasteiger partial charge in [-0.15, -0.1) is 0 Å². The maximum absolute atomic E-state index is 12.0. The lowest BCUT2D eigenvalue weighted by molar-refractivity contribution is -0.384. The van der Waals surface area contributed by atoms with Crippen molar-refractivity contribution in [1.82, 2.24) is 5.32 Å². The summed E-state index contributed by atoms with van der Waals surface area (Å²) in [6, 6.07) is 3.73. The molecule has 0 aliphatic rings. The highest BCUT2D eigenvalue weighted by Gasteiger charge is 2.22. The molecular formula is C14H21N3O4. The minimum absolute atomic E-state index is 0.105. The van der Waals surface area contributed by atoms with Crippen molar-refractivity contribution in [2.45, 2.75) is 39.3 Å². The number of hydrogen-bond donors (Lipinski definition) is 2. The lowest BCUT2D eigenvalue weighted by Gasteiger charge is -2.24. The molecule has 1 aromatic rings. The SMILES string of the molecule is COc1ccc([N+](=O)[O-])c(NC(C)C(=O)NC(C)(C)C)c1. The summed E-state index contributed by atoms with van der Waals surface area (Å²) in [6.07, 6.45) is 0. The van der Waals surface area contributed by atoms with Gasteiger partial charge in [0.15, 0.2) is 0 Å². The number of benzene rings is 1. The van der Waals surface area contributed by atoms with Crippen LogP contribution in [0.4, 0.5) is 11.4 Å². The Hall–Kier alpha value is -2.31. The van der Waals surface area contributed by atoms with Crippen molar-refractivity contribution in [1.29, 1.82) is 0 Å². The monoisotopic (exact) mass is 295 g/mol. The molecule has 0 radical (unpaired) electrons. The number of nitro groups is 1. The van der Waals surface area contributed by atoms with Crippen LogP contribution >= 0.6 is 0 Å². The van der Waals surface area contributed by atoms with E-state index in [1.807, 2.05) is 20.8 Å². The number of rotatable bonds is 5. The highest BCUT2D eigenvalue weighted by atomic mass is 16.6. The molecule has 0 spiro atoms. The van der Waals surface area contributed by atoms with Gasteiger partial charge in [-0.2, -0.15) is 0 Å². The number of nitro benzene ring substituents is 1. The van der Waals surface area contributed by atoms with Crippen molar-refractivity contribution in [3.63, 3.8) is 0 Å². The van der Waals surface area contributed by atoms with Crippen LogP contribution in [0.25, 0.3) is 0 Å². The van der Waals surface area contributed by atoms with E-state index in [0.29, 0.717) is 5.75 Å². The normalized spacial score (nSPS) is 12.4. The average molecular weight is 295 g/mol. The van der Waals surface area contributed by atoms with Crippen LogP contribution in [0.1, 0.15) is 27.7 Å². The number of nitrogens with zero attached hydrogens (tertiary/aromatic N) is 1. The molecule has 21 heavy (non-hydrogen) atoms. The first-order valence-electron chi connectivity index (χ1n) is 6.55. The second-order valence-corrected chi connectivity index (χ2v) is 5.75. The van der Waals surface area contributed by atoms with E-state index in [-0.39, 0.29) is 22.8 Å². The molecule has 1 unspecified atom stereocenters. The van der Waals surface area contributed by atoms with Gasteiger partial charge in [-0.25, -0.2) is 0 Å². The average Bonchev–Trinajstić information content (AvgIpc) is 2.36. The molecule has 0 saturated heterocycles. The van der Waals surface area contributed by atoms with Crippen molar-refractivity contribution in [2.24, 2.45) is 0 Å². The summed E-state index contributed by atoms with van der Waals surface area (Å²) in [7, 11) is 1.47. The smallest absolute Gasteiger partial charge is 0.292 e. The highest BCUT2D eigenvalue weighted by Crippen LogP contribution is 2.29. The molecule has 7 heteroatoms. The van der Waals surface area contributed by atoms with Crippen LogP contribution in [0.5, 0.6) is 5.75 Å². The molecule has 0 fully saturated rings. The van der Waals surface area contributed by atoms with Gasteiger partial charge in [0, 0.05) is 17.7 Å². The standard InChI is InChI=1S/C14H21N3O4/c1-9(13(18)16-14(2,3)4)15-11-8-10(21-5)6-7-12(11)17(19)20/h6-9,15H,1-5H3,(H,16,18). The Bertz CT molecular complexity index is 538. The predicted octanol–water partition coefficient (Wildman–Crippen LogP) is 2.32. The Morgan fingerprint density at radius 1 is 1.38 bits per heavy atom. The van der Waals surface area contributed by atoms with Gasteiger partial charge in [-0.05, 0) is 33.8 Å². The summed E-state index contributed by atoms with van der Waals surface area (Å²) in [5.74, 6) is 0.242. The number of anilines is 1. The van der Waals surface area contributed by atoms with Crippen molar-refractivity contribution in [3.05, 3.63) is 28.3 Å². The van der Waals surface area contributed by atoms with E-state index in [9.17, 15) is 14.9 Å². The summed E-state index contributed by atoms with van der Waals surface area (Å²) >= 11 is 0. The van der Waals surface area contributed by atoms with Crippen LogP contribution in [0.3, 0.4) is 0 Å². The summed E-state index contributed by atoms with van der Waals surface area (Å²) in [6.45, 7) is 7.24. The topological polar surface area (TPSA) is 93.5 Å². The number of amides is 1. The summed E-state index contributed by atoms with van der Waals surface area (Å²) in [4.78, 5) is 22.5. The summed E-state index contributed by atoms with van der Waals surface area (Å²) in [5, 5.41) is 16.7. The minimum atomic E-state index is -0.616. The molecule has 116 valence electrons. The first-order valence-corrected chi connectivity index (χ1v) is 6.55. The second kappa shape index (κ2) is 6.43. The number of nitrogens with one attached hydrogen (secondary N) is 2. The van der Waals surface area contributed by atoms with Crippen LogP contribution in [0.2, 0.25) is 0 Å². The molecule has 1 aromatic carbocycles. The molecule has 7 nitrogen and oxygen atoms in total. The zero-order chi connectivity index (χ0) is 16.2. The quantitative estimate of drug-likeness (QED) is 0.642. The maximum atomic E-state index is 12.0. The molecule has 0 aromatic heterocycles. The van der Waals surface area contributed by atoms with Crippen molar-refractivity contribution in [3.8, 4) is 5.75 Å². The van der Waals surface area contributed by atoms with E-state index in [2.05, 4.69) is 10.6 Å². The molecule has 0 bridgehead atoms. The number of carbonyl (C=O) groups is 1. The lowest BCUT2D eigenvalue weighted by Crippen LogP contribution is -2.47. The van der Waals surface area contributed by atoms with Gasteiger partial charge in [0.1, 0.15) is 17.5 Å².